The van der Waals surface area contributed by atoms with Gasteiger partial charge in [0.05, 0.1) is 17.5 Å². The van der Waals surface area contributed by atoms with E-state index in [1.807, 2.05) is 30.3 Å². The minimum Gasteiger partial charge on any atom is -0.490 e. The van der Waals surface area contributed by atoms with Crippen LogP contribution in [0.1, 0.15) is 17.6 Å². The number of methoxy groups -OCH3 is 1. The Hall–Kier alpha value is -3.68. The number of carbonyl (C=O) groups is 2. The summed E-state index contributed by atoms with van der Waals surface area (Å²) >= 11 is 0. The van der Waals surface area contributed by atoms with Crippen LogP contribution in [-0.4, -0.2) is 28.4 Å². The molecule has 0 aliphatic heterocycles. The first kappa shape index (κ1) is 18.1. The number of carbonyl (C=O) groups excluding carboxylic acids is 2. The fraction of sp³-hybridized carbons (Fsp3) is 0.158. The molecule has 1 heterocycles. The number of fused-ring (bicyclic) bond motifs is 1. The Morgan fingerprint density at radius 3 is 2.67 bits per heavy atom. The lowest BCUT2D eigenvalue weighted by molar-refractivity contribution is -0.385. The van der Waals surface area contributed by atoms with E-state index in [9.17, 15) is 19.7 Å². The van der Waals surface area contributed by atoms with Crippen LogP contribution in [0.25, 0.3) is 10.9 Å². The molecule has 0 bridgehead atoms. The molecule has 27 heavy (non-hydrogen) atoms. The molecule has 1 aromatic heterocycles. The molecule has 1 N–H and O–H groups in total. The summed E-state index contributed by atoms with van der Waals surface area (Å²) in [6, 6.07) is 13.4. The summed E-state index contributed by atoms with van der Waals surface area (Å²) in [5.74, 6) is -0.501. The van der Waals surface area contributed by atoms with Crippen molar-refractivity contribution in [1.82, 2.24) is 4.57 Å². The Labute approximate surface area is 154 Å². The Kier molecular flexibility index (Phi) is 5.16. The first-order valence-electron chi connectivity index (χ1n) is 8.21. The van der Waals surface area contributed by atoms with Crippen molar-refractivity contribution in [2.75, 3.05) is 12.4 Å². The smallest absolute Gasteiger partial charge is 0.312 e. The molecule has 0 saturated heterocycles. The van der Waals surface area contributed by atoms with Crippen LogP contribution in [0.4, 0.5) is 11.4 Å². The third-order valence-electron chi connectivity index (χ3n) is 4.09. The van der Waals surface area contributed by atoms with Crippen molar-refractivity contribution in [2.45, 2.75) is 12.8 Å². The van der Waals surface area contributed by atoms with Gasteiger partial charge in [0.2, 0.25) is 11.8 Å². The lowest BCUT2D eigenvalue weighted by atomic mass is 10.2. The van der Waals surface area contributed by atoms with E-state index in [0.717, 1.165) is 10.9 Å². The van der Waals surface area contributed by atoms with Crippen molar-refractivity contribution in [2.24, 2.45) is 0 Å². The molecule has 0 aliphatic carbocycles. The van der Waals surface area contributed by atoms with Crippen LogP contribution in [0.15, 0.2) is 54.7 Å². The molecule has 3 aromatic rings. The highest BCUT2D eigenvalue weighted by atomic mass is 16.6. The van der Waals surface area contributed by atoms with E-state index < -0.39 is 10.8 Å². The van der Waals surface area contributed by atoms with Gasteiger partial charge in [-0.1, -0.05) is 18.2 Å². The van der Waals surface area contributed by atoms with Gasteiger partial charge in [-0.15, -0.1) is 0 Å². The van der Waals surface area contributed by atoms with Crippen LogP contribution in [0.3, 0.4) is 0 Å². The SMILES string of the molecule is COc1ccc(NC(=O)CCC(=O)n2ccc3ccccc32)cc1[N+](=O)[O-]. The molecular weight excluding hydrogens is 350 g/mol. The number of rotatable bonds is 6. The average molecular weight is 367 g/mol. The molecule has 0 aliphatic rings. The second-order valence-electron chi connectivity index (χ2n) is 5.83. The standard InChI is InChI=1S/C19H17N3O5/c1-27-17-7-6-14(12-16(17)22(25)26)20-18(23)8-9-19(24)21-11-10-13-4-2-3-5-15(13)21/h2-7,10-12H,8-9H2,1H3,(H,20,23). The van der Waals surface area contributed by atoms with E-state index in [4.69, 9.17) is 4.74 Å². The van der Waals surface area contributed by atoms with E-state index in [-0.39, 0.29) is 35.9 Å². The van der Waals surface area contributed by atoms with Gasteiger partial charge in [-0.3, -0.25) is 24.3 Å². The Bertz CT molecular complexity index is 1030. The lowest BCUT2D eigenvalue weighted by Gasteiger charge is -2.08. The quantitative estimate of drug-likeness (QED) is 0.529. The maximum absolute atomic E-state index is 12.4. The number of amides is 1. The van der Waals surface area contributed by atoms with Gasteiger partial charge >= 0.3 is 5.69 Å². The summed E-state index contributed by atoms with van der Waals surface area (Å²) in [6.07, 6.45) is 1.66. The molecule has 0 unspecified atom stereocenters. The van der Waals surface area contributed by atoms with Crippen molar-refractivity contribution < 1.29 is 19.2 Å². The van der Waals surface area contributed by atoms with E-state index >= 15 is 0 Å². The molecule has 2 aromatic carbocycles. The van der Waals surface area contributed by atoms with Gasteiger partial charge in [0.1, 0.15) is 0 Å². The highest BCUT2D eigenvalue weighted by Crippen LogP contribution is 2.29. The number of aromatic nitrogens is 1. The molecule has 138 valence electrons. The monoisotopic (exact) mass is 367 g/mol. The first-order chi connectivity index (χ1) is 13.0. The summed E-state index contributed by atoms with van der Waals surface area (Å²) < 4.78 is 6.43. The number of nitro groups is 1. The van der Waals surface area contributed by atoms with Gasteiger partial charge in [-0.25, -0.2) is 0 Å². The fourth-order valence-electron chi connectivity index (χ4n) is 2.78. The third-order valence-corrected chi connectivity index (χ3v) is 4.09. The van der Waals surface area contributed by atoms with Crippen LogP contribution in [-0.2, 0) is 4.79 Å². The second-order valence-corrected chi connectivity index (χ2v) is 5.83. The van der Waals surface area contributed by atoms with Gasteiger partial charge in [0.15, 0.2) is 5.75 Å². The first-order valence-corrected chi connectivity index (χ1v) is 8.21. The van der Waals surface area contributed by atoms with Crippen LogP contribution in [0, 0.1) is 10.1 Å². The number of para-hydroxylation sites is 1. The summed E-state index contributed by atoms with van der Waals surface area (Å²) in [6.45, 7) is 0. The summed E-state index contributed by atoms with van der Waals surface area (Å²) in [5.41, 5.74) is 0.810. The molecule has 1 amide bonds. The number of ether oxygens (including phenoxy) is 1. The topological polar surface area (TPSA) is 103 Å². The van der Waals surface area contributed by atoms with Crippen molar-refractivity contribution >= 4 is 34.1 Å². The molecular formula is C19H17N3O5. The number of nitrogens with one attached hydrogen (secondary N) is 1. The minimum atomic E-state index is -0.588. The van der Waals surface area contributed by atoms with Crippen molar-refractivity contribution in [3.8, 4) is 5.75 Å². The molecule has 8 nitrogen and oxygen atoms in total. The van der Waals surface area contributed by atoms with Crippen LogP contribution >= 0.6 is 0 Å². The maximum Gasteiger partial charge on any atom is 0.312 e. The Morgan fingerprint density at radius 2 is 1.93 bits per heavy atom. The van der Waals surface area contributed by atoms with Gasteiger partial charge in [-0.2, -0.15) is 0 Å². The van der Waals surface area contributed by atoms with Crippen LogP contribution in [0.5, 0.6) is 5.75 Å². The lowest BCUT2D eigenvalue weighted by Crippen LogP contribution is -2.16. The molecule has 0 fully saturated rings. The van der Waals surface area contributed by atoms with E-state index in [1.54, 1.807) is 6.20 Å². The number of benzene rings is 2. The highest BCUT2D eigenvalue weighted by Gasteiger charge is 2.17. The normalized spacial score (nSPS) is 10.6. The largest absolute Gasteiger partial charge is 0.490 e. The summed E-state index contributed by atoms with van der Waals surface area (Å²) in [7, 11) is 1.33. The predicted octanol–water partition coefficient (Wildman–Crippen LogP) is 3.62. The maximum atomic E-state index is 12.4. The minimum absolute atomic E-state index is 0.0166. The third kappa shape index (κ3) is 3.95. The zero-order valence-corrected chi connectivity index (χ0v) is 14.5. The molecule has 0 spiro atoms. The van der Waals surface area contributed by atoms with Crippen molar-refractivity contribution in [3.63, 3.8) is 0 Å². The fourth-order valence-corrected chi connectivity index (χ4v) is 2.78. The molecule has 8 heteroatoms. The Balaban J connectivity index is 1.64. The second kappa shape index (κ2) is 7.69. The van der Waals surface area contributed by atoms with Crippen LogP contribution in [0.2, 0.25) is 0 Å². The van der Waals surface area contributed by atoms with Gasteiger partial charge in [-0.05, 0) is 24.3 Å². The Morgan fingerprint density at radius 1 is 1.15 bits per heavy atom. The molecule has 0 saturated carbocycles. The number of nitrogens with zero attached hydrogens (tertiary/aromatic N) is 2. The average Bonchev–Trinajstić information content (AvgIpc) is 3.10. The zero-order chi connectivity index (χ0) is 19.4. The van der Waals surface area contributed by atoms with Crippen molar-refractivity contribution in [3.05, 3.63) is 64.8 Å². The van der Waals surface area contributed by atoms with E-state index in [2.05, 4.69) is 5.32 Å². The number of anilines is 1. The zero-order valence-electron chi connectivity index (χ0n) is 14.5. The number of hydrogen-bond donors (Lipinski definition) is 1. The number of nitro benzene ring substituents is 1. The van der Waals surface area contributed by atoms with Gasteiger partial charge in [0.25, 0.3) is 0 Å². The van der Waals surface area contributed by atoms with Crippen molar-refractivity contribution in [1.29, 1.82) is 0 Å². The summed E-state index contributed by atoms with van der Waals surface area (Å²) in [5, 5.41) is 14.5. The van der Waals surface area contributed by atoms with E-state index in [0.29, 0.717) is 0 Å². The van der Waals surface area contributed by atoms with Gasteiger partial charge in [0, 0.05) is 36.2 Å². The van der Waals surface area contributed by atoms with E-state index in [1.165, 1.54) is 29.9 Å². The predicted molar refractivity (Wildman–Crippen MR) is 100 cm³/mol. The molecule has 0 atom stereocenters. The van der Waals surface area contributed by atoms with Gasteiger partial charge < -0.3 is 10.1 Å². The molecule has 3 rings (SSSR count). The number of hydrogen-bond acceptors (Lipinski definition) is 5. The van der Waals surface area contributed by atoms with Crippen LogP contribution < -0.4 is 10.1 Å². The summed E-state index contributed by atoms with van der Waals surface area (Å²) in [4.78, 5) is 34.9. The molecule has 0 radical (unpaired) electrons. The highest BCUT2D eigenvalue weighted by molar-refractivity contribution is 5.96.